The van der Waals surface area contributed by atoms with E-state index in [9.17, 15) is 4.79 Å². The number of carbonyl (C=O) groups is 1. The Balaban J connectivity index is 1.38. The smallest absolute Gasteiger partial charge is 0.257 e. The molecule has 0 spiro atoms. The maximum Gasteiger partial charge on any atom is 0.257 e. The van der Waals surface area contributed by atoms with Gasteiger partial charge in [-0.3, -0.25) is 4.79 Å². The summed E-state index contributed by atoms with van der Waals surface area (Å²) < 4.78 is 11.5. The number of piperazine rings is 1. The van der Waals surface area contributed by atoms with E-state index in [0.717, 1.165) is 19.4 Å². The molecule has 2 aromatic rings. The molecule has 0 radical (unpaired) electrons. The standard InChI is InChI=1S/C20H24N4O3/c25-19(23-10-12-24(13-11-23)20-21-8-4-9-22-20)17-6-1-2-7-18(17)27-15-16-5-3-14-26-16/h1-2,4,6-9,16H,3,5,10-15H2. The van der Waals surface area contributed by atoms with Gasteiger partial charge in [0.1, 0.15) is 12.4 Å². The Hall–Kier alpha value is -2.67. The minimum atomic E-state index is 0.00608. The highest BCUT2D eigenvalue weighted by Crippen LogP contribution is 2.23. The molecular formula is C20H24N4O3. The highest BCUT2D eigenvalue weighted by atomic mass is 16.5. The Morgan fingerprint density at radius 2 is 1.89 bits per heavy atom. The van der Waals surface area contributed by atoms with Gasteiger partial charge < -0.3 is 19.3 Å². The predicted octanol–water partition coefficient (Wildman–Crippen LogP) is 2.00. The lowest BCUT2D eigenvalue weighted by molar-refractivity contribution is 0.0648. The normalized spacial score (nSPS) is 19.9. The molecule has 0 bridgehead atoms. The second-order valence-corrected chi connectivity index (χ2v) is 6.77. The van der Waals surface area contributed by atoms with E-state index in [1.165, 1.54) is 0 Å². The fourth-order valence-corrected chi connectivity index (χ4v) is 3.46. The quantitative estimate of drug-likeness (QED) is 0.804. The van der Waals surface area contributed by atoms with Crippen molar-refractivity contribution in [3.8, 4) is 5.75 Å². The number of amides is 1. The van der Waals surface area contributed by atoms with Gasteiger partial charge in [0, 0.05) is 45.2 Å². The maximum atomic E-state index is 13.0. The zero-order chi connectivity index (χ0) is 18.5. The number of hydrogen-bond acceptors (Lipinski definition) is 6. The van der Waals surface area contributed by atoms with Gasteiger partial charge in [-0.15, -0.1) is 0 Å². The number of aromatic nitrogens is 2. The van der Waals surface area contributed by atoms with Gasteiger partial charge in [-0.25, -0.2) is 9.97 Å². The van der Waals surface area contributed by atoms with Crippen LogP contribution in [0.3, 0.4) is 0 Å². The van der Waals surface area contributed by atoms with E-state index in [1.807, 2.05) is 29.2 Å². The van der Waals surface area contributed by atoms with E-state index in [4.69, 9.17) is 9.47 Å². The number of rotatable bonds is 5. The van der Waals surface area contributed by atoms with Crippen molar-refractivity contribution in [3.63, 3.8) is 0 Å². The van der Waals surface area contributed by atoms with Crippen molar-refractivity contribution in [3.05, 3.63) is 48.3 Å². The van der Waals surface area contributed by atoms with Gasteiger partial charge in [0.25, 0.3) is 5.91 Å². The summed E-state index contributed by atoms with van der Waals surface area (Å²) in [6.07, 6.45) is 5.69. The molecule has 2 aliphatic heterocycles. The van der Waals surface area contributed by atoms with Crippen molar-refractivity contribution in [2.24, 2.45) is 0 Å². The Labute approximate surface area is 158 Å². The van der Waals surface area contributed by atoms with Crippen molar-refractivity contribution in [1.82, 2.24) is 14.9 Å². The number of carbonyl (C=O) groups excluding carboxylic acids is 1. The van der Waals surface area contributed by atoms with Gasteiger partial charge in [0.05, 0.1) is 11.7 Å². The average molecular weight is 368 g/mol. The topological polar surface area (TPSA) is 67.8 Å². The van der Waals surface area contributed by atoms with Gasteiger partial charge in [-0.1, -0.05) is 12.1 Å². The van der Waals surface area contributed by atoms with Gasteiger partial charge >= 0.3 is 0 Å². The second kappa shape index (κ2) is 8.35. The molecule has 27 heavy (non-hydrogen) atoms. The lowest BCUT2D eigenvalue weighted by Crippen LogP contribution is -2.49. The number of para-hydroxylation sites is 1. The summed E-state index contributed by atoms with van der Waals surface area (Å²) in [5.41, 5.74) is 0.611. The molecule has 1 aromatic carbocycles. The first-order valence-corrected chi connectivity index (χ1v) is 9.46. The summed E-state index contributed by atoms with van der Waals surface area (Å²) in [6, 6.07) is 9.26. The van der Waals surface area contributed by atoms with E-state index >= 15 is 0 Å². The summed E-state index contributed by atoms with van der Waals surface area (Å²) in [4.78, 5) is 25.6. The van der Waals surface area contributed by atoms with Crippen LogP contribution in [0.5, 0.6) is 5.75 Å². The third-order valence-corrected chi connectivity index (χ3v) is 4.97. The van der Waals surface area contributed by atoms with E-state index in [1.54, 1.807) is 18.5 Å². The zero-order valence-electron chi connectivity index (χ0n) is 15.3. The van der Waals surface area contributed by atoms with Crippen LogP contribution in [0.1, 0.15) is 23.2 Å². The molecule has 7 nitrogen and oxygen atoms in total. The van der Waals surface area contributed by atoms with Crippen LogP contribution in [-0.2, 0) is 4.74 Å². The molecule has 2 aliphatic rings. The first-order valence-electron chi connectivity index (χ1n) is 9.46. The molecule has 1 atom stereocenters. The maximum absolute atomic E-state index is 13.0. The molecule has 1 amide bonds. The minimum Gasteiger partial charge on any atom is -0.490 e. The highest BCUT2D eigenvalue weighted by molar-refractivity contribution is 5.97. The lowest BCUT2D eigenvalue weighted by atomic mass is 10.1. The minimum absolute atomic E-state index is 0.00608. The summed E-state index contributed by atoms with van der Waals surface area (Å²) in [5.74, 6) is 1.35. The molecule has 0 aliphatic carbocycles. The van der Waals surface area contributed by atoms with Crippen molar-refractivity contribution < 1.29 is 14.3 Å². The van der Waals surface area contributed by atoms with Gasteiger partial charge in [0.2, 0.25) is 5.95 Å². The Kier molecular flexibility index (Phi) is 5.48. The first kappa shape index (κ1) is 17.7. The van der Waals surface area contributed by atoms with Crippen LogP contribution in [0, 0.1) is 0 Å². The van der Waals surface area contributed by atoms with E-state index < -0.39 is 0 Å². The molecule has 2 saturated heterocycles. The largest absolute Gasteiger partial charge is 0.490 e. The van der Waals surface area contributed by atoms with Gasteiger partial charge in [0.15, 0.2) is 0 Å². The number of anilines is 1. The highest BCUT2D eigenvalue weighted by Gasteiger charge is 2.25. The average Bonchev–Trinajstić information content (AvgIpc) is 3.26. The van der Waals surface area contributed by atoms with Crippen LogP contribution in [0.15, 0.2) is 42.7 Å². The SMILES string of the molecule is O=C(c1ccccc1OCC1CCCO1)N1CCN(c2ncccn2)CC1. The lowest BCUT2D eigenvalue weighted by Gasteiger charge is -2.34. The zero-order valence-corrected chi connectivity index (χ0v) is 15.3. The molecule has 2 fully saturated rings. The molecule has 0 N–H and O–H groups in total. The number of hydrogen-bond donors (Lipinski definition) is 0. The Morgan fingerprint density at radius 3 is 2.63 bits per heavy atom. The molecule has 142 valence electrons. The molecule has 4 rings (SSSR count). The third kappa shape index (κ3) is 4.19. The fourth-order valence-electron chi connectivity index (χ4n) is 3.46. The number of nitrogens with zero attached hydrogens (tertiary/aromatic N) is 4. The van der Waals surface area contributed by atoms with Crippen LogP contribution in [-0.4, -0.2) is 66.3 Å². The van der Waals surface area contributed by atoms with Gasteiger partial charge in [-0.05, 0) is 31.0 Å². The summed E-state index contributed by atoms with van der Waals surface area (Å²) >= 11 is 0. The van der Waals surface area contributed by atoms with Crippen LogP contribution in [0.25, 0.3) is 0 Å². The molecule has 1 aromatic heterocycles. The van der Waals surface area contributed by atoms with Crippen molar-refractivity contribution >= 4 is 11.9 Å². The van der Waals surface area contributed by atoms with Crippen LogP contribution in [0.2, 0.25) is 0 Å². The van der Waals surface area contributed by atoms with Crippen molar-refractivity contribution in [2.75, 3.05) is 44.3 Å². The summed E-state index contributed by atoms with van der Waals surface area (Å²) in [6.45, 7) is 3.99. The molecule has 0 saturated carbocycles. The fraction of sp³-hybridized carbons (Fsp3) is 0.450. The predicted molar refractivity (Wildman–Crippen MR) is 101 cm³/mol. The van der Waals surface area contributed by atoms with Crippen molar-refractivity contribution in [2.45, 2.75) is 18.9 Å². The number of benzene rings is 1. The van der Waals surface area contributed by atoms with Crippen LogP contribution in [0.4, 0.5) is 5.95 Å². The first-order chi connectivity index (χ1) is 13.3. The molecule has 1 unspecified atom stereocenters. The summed E-state index contributed by atoms with van der Waals surface area (Å²) in [7, 11) is 0. The molecule has 3 heterocycles. The summed E-state index contributed by atoms with van der Waals surface area (Å²) in [5, 5.41) is 0. The Bertz CT molecular complexity index is 757. The third-order valence-electron chi connectivity index (χ3n) is 4.97. The molecular weight excluding hydrogens is 344 g/mol. The van der Waals surface area contributed by atoms with Crippen molar-refractivity contribution in [1.29, 1.82) is 0 Å². The van der Waals surface area contributed by atoms with E-state index in [-0.39, 0.29) is 12.0 Å². The van der Waals surface area contributed by atoms with Gasteiger partial charge in [-0.2, -0.15) is 0 Å². The second-order valence-electron chi connectivity index (χ2n) is 6.77. The monoisotopic (exact) mass is 368 g/mol. The number of ether oxygens (including phenoxy) is 2. The van der Waals surface area contributed by atoms with E-state index in [2.05, 4.69) is 14.9 Å². The van der Waals surface area contributed by atoms with Crippen LogP contribution >= 0.6 is 0 Å². The Morgan fingerprint density at radius 1 is 1.11 bits per heavy atom. The molecule has 7 heteroatoms. The van der Waals surface area contributed by atoms with Crippen LogP contribution < -0.4 is 9.64 Å². The van der Waals surface area contributed by atoms with E-state index in [0.29, 0.717) is 50.0 Å².